The van der Waals surface area contributed by atoms with Crippen LogP contribution in [0, 0.1) is 0 Å². The van der Waals surface area contributed by atoms with Gasteiger partial charge in [0.25, 0.3) is 0 Å². The number of hydrogen-bond donors (Lipinski definition) is 1. The first kappa shape index (κ1) is 16.0. The van der Waals surface area contributed by atoms with E-state index in [9.17, 15) is 9.90 Å². The number of amides is 1. The highest BCUT2D eigenvalue weighted by atomic mass is 35.5. The first-order valence-corrected chi connectivity index (χ1v) is 7.37. The van der Waals surface area contributed by atoms with Gasteiger partial charge in [0.15, 0.2) is 0 Å². The summed E-state index contributed by atoms with van der Waals surface area (Å²) < 4.78 is 5.36. The van der Waals surface area contributed by atoms with Gasteiger partial charge in [-0.3, -0.25) is 0 Å². The molecular weight excluding hydrogens is 313 g/mol. The highest BCUT2D eigenvalue weighted by Gasteiger charge is 2.37. The molecule has 1 aromatic carbocycles. The SMILES string of the molecule is C=CC[C@@H]1C[C@H](c2c(OC)ccc(Cl)c2Cl)CN1C(=O)O. The fraction of sp³-hybridized carbons (Fsp3) is 0.400. The summed E-state index contributed by atoms with van der Waals surface area (Å²) in [6.45, 7) is 4.07. The molecule has 1 aliphatic heterocycles. The highest BCUT2D eigenvalue weighted by Crippen LogP contribution is 2.43. The monoisotopic (exact) mass is 329 g/mol. The molecule has 2 rings (SSSR count). The van der Waals surface area contributed by atoms with Crippen LogP contribution in [-0.4, -0.2) is 35.8 Å². The van der Waals surface area contributed by atoms with E-state index in [0.29, 0.717) is 35.2 Å². The van der Waals surface area contributed by atoms with Crippen LogP contribution in [0.5, 0.6) is 5.75 Å². The number of carbonyl (C=O) groups is 1. The smallest absolute Gasteiger partial charge is 0.407 e. The number of likely N-dealkylation sites (tertiary alicyclic amines) is 1. The zero-order valence-corrected chi connectivity index (χ0v) is 13.2. The van der Waals surface area contributed by atoms with E-state index in [-0.39, 0.29) is 12.0 Å². The van der Waals surface area contributed by atoms with Crippen molar-refractivity contribution < 1.29 is 14.6 Å². The second-order valence-electron chi connectivity index (χ2n) is 5.02. The van der Waals surface area contributed by atoms with Crippen molar-refractivity contribution in [3.63, 3.8) is 0 Å². The Bertz CT molecular complexity index is 562. The van der Waals surface area contributed by atoms with Gasteiger partial charge in [0, 0.05) is 24.1 Å². The number of ether oxygens (including phenoxy) is 1. The number of carboxylic acid groups (broad SMARTS) is 1. The van der Waals surface area contributed by atoms with Gasteiger partial charge in [-0.15, -0.1) is 6.58 Å². The fourth-order valence-electron chi connectivity index (χ4n) is 2.88. The molecule has 0 radical (unpaired) electrons. The summed E-state index contributed by atoms with van der Waals surface area (Å²) in [6.07, 6.45) is 2.10. The van der Waals surface area contributed by atoms with Crippen molar-refractivity contribution in [2.45, 2.75) is 24.8 Å². The summed E-state index contributed by atoms with van der Waals surface area (Å²) in [5, 5.41) is 10.2. The number of methoxy groups -OCH3 is 1. The Hall–Kier alpha value is -1.39. The second-order valence-corrected chi connectivity index (χ2v) is 5.81. The van der Waals surface area contributed by atoms with E-state index in [2.05, 4.69) is 6.58 Å². The van der Waals surface area contributed by atoms with Crippen molar-refractivity contribution in [2.75, 3.05) is 13.7 Å². The van der Waals surface area contributed by atoms with E-state index < -0.39 is 6.09 Å². The van der Waals surface area contributed by atoms with Gasteiger partial charge in [-0.05, 0) is 25.0 Å². The Kier molecular flexibility index (Phi) is 5.01. The van der Waals surface area contributed by atoms with E-state index in [1.54, 1.807) is 25.3 Å². The number of nitrogens with zero attached hydrogens (tertiary/aromatic N) is 1. The van der Waals surface area contributed by atoms with Crippen LogP contribution in [0.15, 0.2) is 24.8 Å². The molecular formula is C15H17Cl2NO3. The summed E-state index contributed by atoms with van der Waals surface area (Å²) in [6, 6.07) is 3.34. The third kappa shape index (κ3) is 3.11. The molecule has 0 aliphatic carbocycles. The minimum absolute atomic E-state index is 0.0350. The van der Waals surface area contributed by atoms with Crippen LogP contribution in [0.1, 0.15) is 24.3 Å². The van der Waals surface area contributed by atoms with Gasteiger partial charge in [-0.25, -0.2) is 4.79 Å². The molecule has 0 unspecified atom stereocenters. The molecule has 4 nitrogen and oxygen atoms in total. The zero-order chi connectivity index (χ0) is 15.6. The Morgan fingerprint density at radius 2 is 2.29 bits per heavy atom. The van der Waals surface area contributed by atoms with Crippen LogP contribution in [0.25, 0.3) is 0 Å². The molecule has 1 amide bonds. The molecule has 1 saturated heterocycles. The van der Waals surface area contributed by atoms with Gasteiger partial charge in [0.1, 0.15) is 5.75 Å². The molecule has 0 spiro atoms. The van der Waals surface area contributed by atoms with Gasteiger partial charge in [-0.1, -0.05) is 29.3 Å². The minimum atomic E-state index is -0.929. The molecule has 1 fully saturated rings. The molecule has 0 bridgehead atoms. The summed E-state index contributed by atoms with van der Waals surface area (Å²) in [5.74, 6) is 0.603. The van der Waals surface area contributed by atoms with Crippen LogP contribution in [0.4, 0.5) is 4.79 Å². The largest absolute Gasteiger partial charge is 0.496 e. The molecule has 0 aromatic heterocycles. The van der Waals surface area contributed by atoms with Crippen LogP contribution in [0.2, 0.25) is 10.0 Å². The van der Waals surface area contributed by atoms with Crippen molar-refractivity contribution >= 4 is 29.3 Å². The number of hydrogen-bond acceptors (Lipinski definition) is 2. The van der Waals surface area contributed by atoms with Gasteiger partial charge in [0.05, 0.1) is 17.2 Å². The van der Waals surface area contributed by atoms with Crippen molar-refractivity contribution in [3.05, 3.63) is 40.4 Å². The molecule has 0 saturated carbocycles. The maximum absolute atomic E-state index is 11.4. The highest BCUT2D eigenvalue weighted by molar-refractivity contribution is 6.42. The van der Waals surface area contributed by atoms with Crippen LogP contribution in [-0.2, 0) is 0 Å². The predicted molar refractivity (Wildman–Crippen MR) is 83.7 cm³/mol. The molecule has 6 heteroatoms. The lowest BCUT2D eigenvalue weighted by atomic mass is 9.94. The van der Waals surface area contributed by atoms with E-state index in [1.807, 2.05) is 0 Å². The molecule has 2 atom stereocenters. The first-order valence-electron chi connectivity index (χ1n) is 6.61. The predicted octanol–water partition coefficient (Wildman–Crippen LogP) is 4.41. The summed E-state index contributed by atoms with van der Waals surface area (Å²) in [4.78, 5) is 12.8. The Labute approximate surface area is 133 Å². The van der Waals surface area contributed by atoms with Crippen LogP contribution < -0.4 is 4.74 Å². The fourth-order valence-corrected chi connectivity index (χ4v) is 3.36. The molecule has 1 aliphatic rings. The average Bonchev–Trinajstić information content (AvgIpc) is 2.86. The van der Waals surface area contributed by atoms with Gasteiger partial charge in [-0.2, -0.15) is 0 Å². The normalized spacial score (nSPS) is 21.4. The first-order chi connectivity index (χ1) is 9.99. The quantitative estimate of drug-likeness (QED) is 0.832. The maximum atomic E-state index is 11.4. The standard InChI is InChI=1S/C15H17Cl2NO3/c1-3-4-10-7-9(8-18(10)15(19)20)13-12(21-2)6-5-11(16)14(13)17/h3,5-6,9-10H,1,4,7-8H2,2H3,(H,19,20)/t9-,10+/m0/s1. The molecule has 1 heterocycles. The summed E-state index contributed by atoms with van der Waals surface area (Å²) >= 11 is 12.4. The molecule has 1 N–H and O–H groups in total. The summed E-state index contributed by atoms with van der Waals surface area (Å²) in [7, 11) is 1.56. The lowest BCUT2D eigenvalue weighted by Gasteiger charge is -2.19. The minimum Gasteiger partial charge on any atom is -0.496 e. The maximum Gasteiger partial charge on any atom is 0.407 e. The van der Waals surface area contributed by atoms with E-state index in [1.165, 1.54) is 4.90 Å². The van der Waals surface area contributed by atoms with Gasteiger partial charge >= 0.3 is 6.09 Å². The van der Waals surface area contributed by atoms with Crippen molar-refractivity contribution in [1.82, 2.24) is 4.90 Å². The van der Waals surface area contributed by atoms with Crippen molar-refractivity contribution in [1.29, 1.82) is 0 Å². The summed E-state index contributed by atoms with van der Waals surface area (Å²) in [5.41, 5.74) is 0.782. The van der Waals surface area contributed by atoms with Gasteiger partial charge < -0.3 is 14.7 Å². The third-order valence-electron chi connectivity index (χ3n) is 3.82. The number of benzene rings is 1. The Morgan fingerprint density at radius 3 is 2.86 bits per heavy atom. The molecule has 1 aromatic rings. The van der Waals surface area contributed by atoms with Crippen LogP contribution >= 0.6 is 23.2 Å². The van der Waals surface area contributed by atoms with E-state index in [4.69, 9.17) is 27.9 Å². The Balaban J connectivity index is 2.37. The van der Waals surface area contributed by atoms with Crippen LogP contribution in [0.3, 0.4) is 0 Å². The molecule has 114 valence electrons. The lowest BCUT2D eigenvalue weighted by molar-refractivity contribution is 0.140. The Morgan fingerprint density at radius 1 is 1.57 bits per heavy atom. The van der Waals surface area contributed by atoms with Crippen molar-refractivity contribution in [2.24, 2.45) is 0 Å². The van der Waals surface area contributed by atoms with Crippen molar-refractivity contribution in [3.8, 4) is 5.75 Å². The van der Waals surface area contributed by atoms with E-state index in [0.717, 1.165) is 5.56 Å². The molecule has 21 heavy (non-hydrogen) atoms. The number of halogens is 2. The topological polar surface area (TPSA) is 49.8 Å². The van der Waals surface area contributed by atoms with Gasteiger partial charge in [0.2, 0.25) is 0 Å². The zero-order valence-electron chi connectivity index (χ0n) is 11.7. The lowest BCUT2D eigenvalue weighted by Crippen LogP contribution is -2.34. The number of rotatable bonds is 4. The third-order valence-corrected chi connectivity index (χ3v) is 4.64. The van der Waals surface area contributed by atoms with E-state index >= 15 is 0 Å². The second kappa shape index (κ2) is 6.58. The average molecular weight is 330 g/mol.